The third kappa shape index (κ3) is 3.78. The van der Waals surface area contributed by atoms with E-state index in [2.05, 4.69) is 40.5 Å². The molecule has 25 heavy (non-hydrogen) atoms. The van der Waals surface area contributed by atoms with Gasteiger partial charge in [-0.25, -0.2) is 0 Å². The number of nitrogens with zero attached hydrogens (tertiary/aromatic N) is 1. The van der Waals surface area contributed by atoms with Gasteiger partial charge in [0.15, 0.2) is 0 Å². The number of morpholine rings is 1. The van der Waals surface area contributed by atoms with Crippen molar-refractivity contribution in [1.82, 2.24) is 10.2 Å². The van der Waals surface area contributed by atoms with Crippen LogP contribution in [0.2, 0.25) is 0 Å². The summed E-state index contributed by atoms with van der Waals surface area (Å²) < 4.78 is 5.36. The van der Waals surface area contributed by atoms with Crippen LogP contribution in [0.3, 0.4) is 0 Å². The maximum Gasteiger partial charge on any atom is 0.261 e. The number of thiophene rings is 1. The molecule has 132 valence electrons. The Labute approximate surface area is 152 Å². The number of nitrogens with one attached hydrogen (secondary N) is 1. The normalized spacial score (nSPS) is 17.0. The summed E-state index contributed by atoms with van der Waals surface area (Å²) in [5.41, 5.74) is 4.02. The number of benzene rings is 1. The second-order valence-electron chi connectivity index (χ2n) is 6.69. The van der Waals surface area contributed by atoms with Crippen LogP contribution in [0.15, 0.2) is 30.3 Å². The fourth-order valence-electron chi connectivity index (χ4n) is 3.60. The van der Waals surface area contributed by atoms with Crippen molar-refractivity contribution >= 4 is 17.2 Å². The van der Waals surface area contributed by atoms with Crippen molar-refractivity contribution in [3.05, 3.63) is 46.3 Å². The van der Waals surface area contributed by atoms with Crippen LogP contribution in [-0.4, -0.2) is 50.2 Å². The number of ether oxygens (including phenoxy) is 1. The minimum Gasteiger partial charge on any atom is -0.379 e. The molecule has 1 aliphatic heterocycles. The first-order chi connectivity index (χ1) is 12.3. The molecular weight excluding hydrogens is 332 g/mol. The van der Waals surface area contributed by atoms with Gasteiger partial charge < -0.3 is 10.1 Å². The van der Waals surface area contributed by atoms with Crippen molar-refractivity contribution in [2.75, 3.05) is 39.4 Å². The van der Waals surface area contributed by atoms with Crippen molar-refractivity contribution < 1.29 is 9.53 Å². The lowest BCUT2D eigenvalue weighted by molar-refractivity contribution is 0.0374. The minimum absolute atomic E-state index is 0.0684. The van der Waals surface area contributed by atoms with Crippen molar-refractivity contribution in [2.45, 2.75) is 19.3 Å². The Morgan fingerprint density at radius 2 is 1.96 bits per heavy atom. The summed E-state index contributed by atoms with van der Waals surface area (Å²) in [5.74, 6) is 0.0684. The van der Waals surface area contributed by atoms with E-state index >= 15 is 0 Å². The van der Waals surface area contributed by atoms with Gasteiger partial charge in [0.05, 0.1) is 18.1 Å². The van der Waals surface area contributed by atoms with Crippen LogP contribution in [0.25, 0.3) is 10.4 Å². The maximum absolute atomic E-state index is 12.5. The molecule has 4 nitrogen and oxygen atoms in total. The number of aryl methyl sites for hydroxylation is 2. The van der Waals surface area contributed by atoms with Crippen LogP contribution in [0.4, 0.5) is 0 Å². The third-order valence-corrected chi connectivity index (χ3v) is 6.21. The van der Waals surface area contributed by atoms with Crippen molar-refractivity contribution in [3.63, 3.8) is 0 Å². The molecule has 0 spiro atoms. The predicted octanol–water partition coefficient (Wildman–Crippen LogP) is 2.97. The quantitative estimate of drug-likeness (QED) is 0.838. The molecule has 0 unspecified atom stereocenters. The summed E-state index contributed by atoms with van der Waals surface area (Å²) in [6.45, 7) is 5.42. The molecule has 1 N–H and O–H groups in total. The highest BCUT2D eigenvalue weighted by molar-refractivity contribution is 7.17. The lowest BCUT2D eigenvalue weighted by atomic mass is 9.91. The zero-order valence-corrected chi connectivity index (χ0v) is 15.2. The molecule has 0 atom stereocenters. The fourth-order valence-corrected chi connectivity index (χ4v) is 4.79. The number of carbonyl (C=O) groups is 1. The van der Waals surface area contributed by atoms with E-state index in [4.69, 9.17) is 4.74 Å². The number of hydrogen-bond acceptors (Lipinski definition) is 4. The number of fused-ring (bicyclic) bond motifs is 3. The average Bonchev–Trinajstić information content (AvgIpc) is 3.11. The monoisotopic (exact) mass is 356 g/mol. The van der Waals surface area contributed by atoms with Crippen LogP contribution in [0.1, 0.15) is 27.2 Å². The lowest BCUT2D eigenvalue weighted by Crippen LogP contribution is -2.38. The van der Waals surface area contributed by atoms with Crippen LogP contribution in [0.5, 0.6) is 0 Å². The summed E-state index contributed by atoms with van der Waals surface area (Å²) in [6, 6.07) is 10.6. The first-order valence-electron chi connectivity index (χ1n) is 9.10. The SMILES string of the molecule is O=C(NCCCN1CCOCC1)c1cc2c(s1)-c1ccccc1CC2. The molecule has 5 heteroatoms. The van der Waals surface area contributed by atoms with Gasteiger partial charge in [0, 0.05) is 24.5 Å². The van der Waals surface area contributed by atoms with E-state index in [1.165, 1.54) is 21.6 Å². The highest BCUT2D eigenvalue weighted by Crippen LogP contribution is 2.39. The summed E-state index contributed by atoms with van der Waals surface area (Å²) in [5, 5.41) is 3.09. The van der Waals surface area contributed by atoms with Crippen molar-refractivity contribution in [3.8, 4) is 10.4 Å². The smallest absolute Gasteiger partial charge is 0.261 e. The van der Waals surface area contributed by atoms with Gasteiger partial charge in [0.25, 0.3) is 5.91 Å². The Morgan fingerprint density at radius 1 is 1.16 bits per heavy atom. The average molecular weight is 356 g/mol. The molecule has 4 rings (SSSR count). The Kier molecular flexibility index (Phi) is 5.15. The lowest BCUT2D eigenvalue weighted by Gasteiger charge is -2.26. The number of amides is 1. The van der Waals surface area contributed by atoms with Crippen LogP contribution >= 0.6 is 11.3 Å². The number of carbonyl (C=O) groups excluding carboxylic acids is 1. The van der Waals surface area contributed by atoms with E-state index in [9.17, 15) is 4.79 Å². The number of rotatable bonds is 5. The van der Waals surface area contributed by atoms with Gasteiger partial charge >= 0.3 is 0 Å². The van der Waals surface area contributed by atoms with Gasteiger partial charge in [-0.3, -0.25) is 9.69 Å². The molecule has 0 saturated carbocycles. The van der Waals surface area contributed by atoms with Crippen LogP contribution < -0.4 is 5.32 Å². The molecule has 2 heterocycles. The van der Waals surface area contributed by atoms with Gasteiger partial charge in [0.1, 0.15) is 0 Å². The molecule has 2 aromatic rings. The Hall–Kier alpha value is -1.69. The van der Waals surface area contributed by atoms with Gasteiger partial charge in [-0.05, 0) is 48.6 Å². The molecule has 1 fully saturated rings. The summed E-state index contributed by atoms with van der Waals surface area (Å²) in [4.78, 5) is 17.0. The molecule has 0 radical (unpaired) electrons. The van der Waals surface area contributed by atoms with E-state index in [-0.39, 0.29) is 5.91 Å². The first-order valence-corrected chi connectivity index (χ1v) is 9.92. The molecule has 2 aliphatic rings. The zero-order valence-electron chi connectivity index (χ0n) is 14.4. The summed E-state index contributed by atoms with van der Waals surface area (Å²) >= 11 is 1.63. The fraction of sp³-hybridized carbons (Fsp3) is 0.450. The largest absolute Gasteiger partial charge is 0.379 e. The molecule has 1 amide bonds. The second kappa shape index (κ2) is 7.68. The second-order valence-corrected chi connectivity index (χ2v) is 7.74. The molecule has 1 aliphatic carbocycles. The summed E-state index contributed by atoms with van der Waals surface area (Å²) in [6.07, 6.45) is 3.09. The summed E-state index contributed by atoms with van der Waals surface area (Å²) in [7, 11) is 0. The highest BCUT2D eigenvalue weighted by Gasteiger charge is 2.21. The molecule has 1 aromatic carbocycles. The maximum atomic E-state index is 12.5. The minimum atomic E-state index is 0.0684. The molecule has 0 bridgehead atoms. The van der Waals surface area contributed by atoms with Crippen LogP contribution in [-0.2, 0) is 17.6 Å². The highest BCUT2D eigenvalue weighted by atomic mass is 32.1. The van der Waals surface area contributed by atoms with Crippen molar-refractivity contribution in [2.24, 2.45) is 0 Å². The van der Waals surface area contributed by atoms with E-state index in [1.807, 2.05) is 0 Å². The van der Waals surface area contributed by atoms with Gasteiger partial charge in [-0.1, -0.05) is 24.3 Å². The Balaban J connectivity index is 1.33. The standard InChI is InChI=1S/C20H24N2O2S/c23-20(21-8-3-9-22-10-12-24-13-11-22)18-14-16-7-6-15-4-1-2-5-17(15)19(16)25-18/h1-2,4-5,14H,3,6-13H2,(H,21,23). The Morgan fingerprint density at radius 3 is 2.84 bits per heavy atom. The zero-order chi connectivity index (χ0) is 17.1. The number of hydrogen-bond donors (Lipinski definition) is 1. The van der Waals surface area contributed by atoms with E-state index in [1.54, 1.807) is 11.3 Å². The third-order valence-electron chi connectivity index (χ3n) is 5.00. The van der Waals surface area contributed by atoms with E-state index in [0.717, 1.165) is 63.5 Å². The molecular formula is C20H24N2O2S. The van der Waals surface area contributed by atoms with Gasteiger partial charge in [0.2, 0.25) is 0 Å². The van der Waals surface area contributed by atoms with E-state index < -0.39 is 0 Å². The van der Waals surface area contributed by atoms with Crippen molar-refractivity contribution in [1.29, 1.82) is 0 Å². The van der Waals surface area contributed by atoms with E-state index in [0.29, 0.717) is 0 Å². The predicted molar refractivity (Wildman–Crippen MR) is 101 cm³/mol. The molecule has 1 aromatic heterocycles. The first kappa shape index (κ1) is 16.8. The molecule has 1 saturated heterocycles. The van der Waals surface area contributed by atoms with Gasteiger partial charge in [-0.2, -0.15) is 0 Å². The van der Waals surface area contributed by atoms with Gasteiger partial charge in [-0.15, -0.1) is 11.3 Å². The van der Waals surface area contributed by atoms with Crippen LogP contribution in [0, 0.1) is 0 Å². The Bertz CT molecular complexity index is 750. The topological polar surface area (TPSA) is 41.6 Å².